The first-order valence-corrected chi connectivity index (χ1v) is 9.34. The Balaban J connectivity index is 1.58. The minimum atomic E-state index is -0.0883. The second kappa shape index (κ2) is 7.45. The SMILES string of the molecule is COc1ccc(-c2c[n+](CC(=O)Nc3ccccc3Cl)c3n2CCC3)cc1. The maximum Gasteiger partial charge on any atom is 0.266 e. The van der Waals surface area contributed by atoms with E-state index in [0.29, 0.717) is 10.7 Å². The van der Waals surface area contributed by atoms with Gasteiger partial charge in [-0.15, -0.1) is 0 Å². The van der Waals surface area contributed by atoms with E-state index in [1.807, 2.05) is 41.0 Å². The fourth-order valence-corrected chi connectivity index (χ4v) is 3.73. The number of carbonyl (C=O) groups is 1. The van der Waals surface area contributed by atoms with Gasteiger partial charge in [0.2, 0.25) is 0 Å². The number of fused-ring (bicyclic) bond motifs is 1. The van der Waals surface area contributed by atoms with E-state index >= 15 is 0 Å². The number of methoxy groups -OCH3 is 1. The Morgan fingerprint density at radius 2 is 2.00 bits per heavy atom. The lowest BCUT2D eigenvalue weighted by Crippen LogP contribution is -2.42. The number of carbonyl (C=O) groups excluding carboxylic acids is 1. The van der Waals surface area contributed by atoms with Crippen LogP contribution in [-0.2, 0) is 24.3 Å². The monoisotopic (exact) mass is 382 g/mol. The first-order valence-electron chi connectivity index (χ1n) is 8.96. The van der Waals surface area contributed by atoms with E-state index in [1.165, 1.54) is 5.82 Å². The molecule has 0 radical (unpaired) electrons. The fraction of sp³-hybridized carbons (Fsp3) is 0.238. The molecular weight excluding hydrogens is 362 g/mol. The lowest BCUT2D eigenvalue weighted by Gasteiger charge is -2.05. The van der Waals surface area contributed by atoms with Gasteiger partial charge in [-0.1, -0.05) is 23.7 Å². The van der Waals surface area contributed by atoms with Gasteiger partial charge >= 0.3 is 0 Å². The summed E-state index contributed by atoms with van der Waals surface area (Å²) in [5, 5.41) is 3.44. The minimum Gasteiger partial charge on any atom is -0.497 e. The summed E-state index contributed by atoms with van der Waals surface area (Å²) >= 11 is 6.14. The molecule has 5 nitrogen and oxygen atoms in total. The molecule has 1 aliphatic heterocycles. The maximum absolute atomic E-state index is 12.5. The van der Waals surface area contributed by atoms with Crippen LogP contribution in [0.1, 0.15) is 12.2 Å². The summed E-state index contributed by atoms with van der Waals surface area (Å²) in [5.74, 6) is 1.92. The number of nitrogens with zero attached hydrogens (tertiary/aromatic N) is 2. The van der Waals surface area contributed by atoms with Crippen LogP contribution in [0.5, 0.6) is 5.75 Å². The molecule has 2 aromatic carbocycles. The number of hydrogen-bond acceptors (Lipinski definition) is 2. The van der Waals surface area contributed by atoms with Crippen LogP contribution < -0.4 is 14.6 Å². The van der Waals surface area contributed by atoms with E-state index in [2.05, 4.69) is 16.1 Å². The van der Waals surface area contributed by atoms with Gasteiger partial charge in [0.1, 0.15) is 11.9 Å². The number of nitrogens with one attached hydrogen (secondary N) is 1. The average Bonchev–Trinajstić information content (AvgIpc) is 3.28. The lowest BCUT2D eigenvalue weighted by molar-refractivity contribution is -0.690. The standard InChI is InChI=1S/C21H20ClN3O2/c1-27-16-10-8-15(9-11-16)19-13-24(21-7-4-12-25(19)21)14-20(26)23-18-6-3-2-5-17(18)22/h2-3,5-6,8-11,13H,4,7,12,14H2,1H3/p+1. The van der Waals surface area contributed by atoms with Gasteiger partial charge in [0.25, 0.3) is 11.7 Å². The van der Waals surface area contributed by atoms with Crippen LogP contribution in [0.4, 0.5) is 5.69 Å². The van der Waals surface area contributed by atoms with Crippen LogP contribution in [0.25, 0.3) is 11.3 Å². The summed E-state index contributed by atoms with van der Waals surface area (Å²) in [6.07, 6.45) is 4.11. The van der Waals surface area contributed by atoms with Crippen LogP contribution >= 0.6 is 11.6 Å². The van der Waals surface area contributed by atoms with Crippen LogP contribution in [0.3, 0.4) is 0 Å². The van der Waals surface area contributed by atoms with Crippen molar-refractivity contribution >= 4 is 23.2 Å². The highest BCUT2D eigenvalue weighted by molar-refractivity contribution is 6.33. The highest BCUT2D eigenvalue weighted by atomic mass is 35.5. The van der Waals surface area contributed by atoms with Crippen molar-refractivity contribution in [3.8, 4) is 17.0 Å². The van der Waals surface area contributed by atoms with Crippen molar-refractivity contribution in [2.45, 2.75) is 25.9 Å². The van der Waals surface area contributed by atoms with E-state index in [4.69, 9.17) is 16.3 Å². The average molecular weight is 383 g/mol. The second-order valence-electron chi connectivity index (χ2n) is 6.57. The van der Waals surface area contributed by atoms with Gasteiger partial charge in [-0.2, -0.15) is 0 Å². The Morgan fingerprint density at radius 1 is 1.22 bits per heavy atom. The Hall–Kier alpha value is -2.79. The van der Waals surface area contributed by atoms with Crippen LogP contribution in [-0.4, -0.2) is 17.6 Å². The quantitative estimate of drug-likeness (QED) is 0.684. The molecule has 0 saturated heterocycles. The Kier molecular flexibility index (Phi) is 4.86. The molecule has 6 heteroatoms. The number of imidazole rings is 1. The summed E-state index contributed by atoms with van der Waals surface area (Å²) in [5.41, 5.74) is 2.87. The third-order valence-corrected chi connectivity index (χ3v) is 5.17. The molecule has 4 rings (SSSR count). The minimum absolute atomic E-state index is 0.0883. The smallest absolute Gasteiger partial charge is 0.266 e. The fourth-order valence-electron chi connectivity index (χ4n) is 3.55. The zero-order valence-corrected chi connectivity index (χ0v) is 15.9. The van der Waals surface area contributed by atoms with E-state index in [9.17, 15) is 4.79 Å². The molecule has 0 fully saturated rings. The molecule has 1 amide bonds. The number of para-hydroxylation sites is 1. The van der Waals surface area contributed by atoms with Gasteiger partial charge in [0, 0.05) is 5.56 Å². The number of benzene rings is 2. The van der Waals surface area contributed by atoms with Crippen molar-refractivity contribution in [3.05, 3.63) is 65.6 Å². The molecule has 1 aliphatic rings. The molecule has 1 N–H and O–H groups in total. The number of hydrogen-bond donors (Lipinski definition) is 1. The number of amides is 1. The zero-order valence-electron chi connectivity index (χ0n) is 15.1. The third-order valence-electron chi connectivity index (χ3n) is 4.84. The second-order valence-corrected chi connectivity index (χ2v) is 6.98. The first-order chi connectivity index (χ1) is 13.2. The maximum atomic E-state index is 12.5. The Labute approximate surface area is 163 Å². The van der Waals surface area contributed by atoms with Crippen molar-refractivity contribution < 1.29 is 14.1 Å². The predicted octanol–water partition coefficient (Wildman–Crippen LogP) is 3.69. The molecule has 0 unspecified atom stereocenters. The molecule has 1 aromatic heterocycles. The largest absolute Gasteiger partial charge is 0.497 e. The predicted molar refractivity (Wildman–Crippen MR) is 105 cm³/mol. The number of anilines is 1. The van der Waals surface area contributed by atoms with Gasteiger partial charge in [0.05, 0.1) is 30.8 Å². The summed E-state index contributed by atoms with van der Waals surface area (Å²) in [6, 6.07) is 15.3. The summed E-state index contributed by atoms with van der Waals surface area (Å²) < 4.78 is 9.58. The molecule has 3 aromatic rings. The molecule has 27 heavy (non-hydrogen) atoms. The van der Waals surface area contributed by atoms with E-state index in [-0.39, 0.29) is 12.5 Å². The first kappa shape index (κ1) is 17.6. The van der Waals surface area contributed by atoms with Gasteiger partial charge in [-0.3, -0.25) is 4.79 Å². The number of ether oxygens (including phenoxy) is 1. The molecule has 0 atom stereocenters. The van der Waals surface area contributed by atoms with E-state index in [1.54, 1.807) is 19.2 Å². The molecule has 0 bridgehead atoms. The van der Waals surface area contributed by atoms with Gasteiger partial charge in [-0.05, 0) is 42.8 Å². The van der Waals surface area contributed by atoms with Gasteiger partial charge < -0.3 is 10.1 Å². The van der Waals surface area contributed by atoms with Crippen LogP contribution in [0, 0.1) is 0 Å². The summed E-state index contributed by atoms with van der Waals surface area (Å²) in [4.78, 5) is 12.5. The summed E-state index contributed by atoms with van der Waals surface area (Å²) in [7, 11) is 1.66. The van der Waals surface area contributed by atoms with E-state index < -0.39 is 0 Å². The highest BCUT2D eigenvalue weighted by Gasteiger charge is 2.29. The van der Waals surface area contributed by atoms with Crippen molar-refractivity contribution in [1.29, 1.82) is 0 Å². The van der Waals surface area contributed by atoms with Crippen molar-refractivity contribution in [1.82, 2.24) is 4.57 Å². The number of rotatable bonds is 5. The van der Waals surface area contributed by atoms with Gasteiger partial charge in [-0.25, -0.2) is 9.13 Å². The Morgan fingerprint density at radius 3 is 2.74 bits per heavy atom. The van der Waals surface area contributed by atoms with Crippen molar-refractivity contribution in [2.24, 2.45) is 0 Å². The van der Waals surface area contributed by atoms with Crippen molar-refractivity contribution in [3.63, 3.8) is 0 Å². The zero-order chi connectivity index (χ0) is 18.8. The molecule has 0 spiro atoms. The topological polar surface area (TPSA) is 47.1 Å². The lowest BCUT2D eigenvalue weighted by atomic mass is 10.1. The third kappa shape index (κ3) is 3.55. The molecular formula is C21H21ClN3O2+. The normalized spacial score (nSPS) is 12.7. The molecule has 0 aliphatic carbocycles. The highest BCUT2D eigenvalue weighted by Crippen LogP contribution is 2.26. The van der Waals surface area contributed by atoms with Crippen LogP contribution in [0.2, 0.25) is 5.02 Å². The number of halogens is 1. The molecule has 138 valence electrons. The van der Waals surface area contributed by atoms with E-state index in [0.717, 1.165) is 36.4 Å². The Bertz CT molecular complexity index is 980. The van der Waals surface area contributed by atoms with Crippen LogP contribution in [0.15, 0.2) is 54.7 Å². The molecule has 0 saturated carbocycles. The summed E-state index contributed by atoms with van der Waals surface area (Å²) in [6.45, 7) is 1.23. The van der Waals surface area contributed by atoms with Gasteiger partial charge in [0.15, 0.2) is 12.2 Å². The number of aromatic nitrogens is 2. The van der Waals surface area contributed by atoms with Crippen molar-refractivity contribution in [2.75, 3.05) is 12.4 Å². The molecule has 2 heterocycles.